The number of hydrogen-bond donors (Lipinski definition) is 1. The highest BCUT2D eigenvalue weighted by molar-refractivity contribution is 7.09. The van der Waals surface area contributed by atoms with Gasteiger partial charge in [0.05, 0.1) is 5.92 Å². The number of likely N-dealkylation sites (tertiary alicyclic amines) is 1. The first-order valence-electron chi connectivity index (χ1n) is 8.94. The van der Waals surface area contributed by atoms with Gasteiger partial charge in [0.2, 0.25) is 5.91 Å². The number of anilines is 1. The van der Waals surface area contributed by atoms with Crippen molar-refractivity contribution in [1.82, 2.24) is 4.90 Å². The molecular formula is C20H24N2O2S. The van der Waals surface area contributed by atoms with Gasteiger partial charge in [-0.15, -0.1) is 11.3 Å². The summed E-state index contributed by atoms with van der Waals surface area (Å²) in [6.45, 7) is 4.29. The van der Waals surface area contributed by atoms with E-state index in [9.17, 15) is 4.79 Å². The predicted octanol–water partition coefficient (Wildman–Crippen LogP) is 3.62. The lowest BCUT2D eigenvalue weighted by Gasteiger charge is -2.37. The monoisotopic (exact) mass is 356 g/mol. The highest BCUT2D eigenvalue weighted by atomic mass is 32.1. The quantitative estimate of drug-likeness (QED) is 0.910. The van der Waals surface area contributed by atoms with E-state index in [0.29, 0.717) is 0 Å². The predicted molar refractivity (Wildman–Crippen MR) is 101 cm³/mol. The SMILES string of the molecule is O=C(Nc1ccccc1)[C@@H]1CN(Cc2cccs2)CC12CCOCC2. The van der Waals surface area contributed by atoms with Crippen molar-refractivity contribution in [3.63, 3.8) is 0 Å². The van der Waals surface area contributed by atoms with Crippen molar-refractivity contribution >= 4 is 22.9 Å². The molecule has 1 N–H and O–H groups in total. The Labute approximate surface area is 152 Å². The Morgan fingerprint density at radius 2 is 2.00 bits per heavy atom. The van der Waals surface area contributed by atoms with Gasteiger partial charge in [-0.3, -0.25) is 9.69 Å². The van der Waals surface area contributed by atoms with Gasteiger partial charge in [0.15, 0.2) is 0 Å². The average molecular weight is 356 g/mol. The zero-order chi connectivity index (χ0) is 17.1. The van der Waals surface area contributed by atoms with Crippen LogP contribution in [0.1, 0.15) is 17.7 Å². The highest BCUT2D eigenvalue weighted by Crippen LogP contribution is 2.45. The van der Waals surface area contributed by atoms with E-state index >= 15 is 0 Å². The lowest BCUT2D eigenvalue weighted by molar-refractivity contribution is -0.124. The van der Waals surface area contributed by atoms with E-state index < -0.39 is 0 Å². The number of rotatable bonds is 4. The molecule has 0 unspecified atom stereocenters. The molecule has 1 spiro atoms. The molecule has 0 radical (unpaired) electrons. The third-order valence-corrected chi connectivity index (χ3v) is 6.39. The minimum Gasteiger partial charge on any atom is -0.381 e. The van der Waals surface area contributed by atoms with Crippen LogP contribution < -0.4 is 5.32 Å². The zero-order valence-corrected chi connectivity index (χ0v) is 15.1. The second-order valence-electron chi connectivity index (χ2n) is 7.13. The third-order valence-electron chi connectivity index (χ3n) is 5.52. The Morgan fingerprint density at radius 1 is 1.20 bits per heavy atom. The molecule has 132 valence electrons. The first kappa shape index (κ1) is 16.8. The molecule has 2 aliphatic heterocycles. The molecule has 0 saturated carbocycles. The molecule has 1 aromatic heterocycles. The van der Waals surface area contributed by atoms with Crippen molar-refractivity contribution in [2.45, 2.75) is 19.4 Å². The number of hydrogen-bond acceptors (Lipinski definition) is 4. The second kappa shape index (κ2) is 7.28. The van der Waals surface area contributed by atoms with Crippen LogP contribution >= 0.6 is 11.3 Å². The number of nitrogens with one attached hydrogen (secondary N) is 1. The minimum absolute atomic E-state index is 0.0246. The number of carbonyl (C=O) groups excluding carboxylic acids is 1. The van der Waals surface area contributed by atoms with Crippen molar-refractivity contribution < 1.29 is 9.53 Å². The van der Waals surface area contributed by atoms with Gasteiger partial charge in [-0.25, -0.2) is 0 Å². The topological polar surface area (TPSA) is 41.6 Å². The number of thiophene rings is 1. The normalized spacial score (nSPS) is 23.0. The van der Waals surface area contributed by atoms with Gasteiger partial charge < -0.3 is 10.1 Å². The van der Waals surface area contributed by atoms with Gasteiger partial charge in [-0.1, -0.05) is 24.3 Å². The van der Waals surface area contributed by atoms with Crippen LogP contribution in [0, 0.1) is 11.3 Å². The summed E-state index contributed by atoms with van der Waals surface area (Å²) < 4.78 is 5.60. The molecule has 0 aliphatic carbocycles. The maximum atomic E-state index is 13.1. The molecule has 2 aliphatic rings. The summed E-state index contributed by atoms with van der Waals surface area (Å²) >= 11 is 1.79. The van der Waals surface area contributed by atoms with E-state index in [-0.39, 0.29) is 17.2 Å². The Hall–Kier alpha value is -1.69. The summed E-state index contributed by atoms with van der Waals surface area (Å²) in [7, 11) is 0. The van der Waals surface area contributed by atoms with Crippen LogP contribution in [0.15, 0.2) is 47.8 Å². The molecule has 0 bridgehead atoms. The van der Waals surface area contributed by atoms with E-state index in [4.69, 9.17) is 4.74 Å². The summed E-state index contributed by atoms with van der Waals surface area (Å²) in [4.78, 5) is 16.9. The van der Waals surface area contributed by atoms with Crippen LogP contribution in [0.2, 0.25) is 0 Å². The van der Waals surface area contributed by atoms with Crippen molar-refractivity contribution in [2.24, 2.45) is 11.3 Å². The number of para-hydroxylation sites is 1. The van der Waals surface area contributed by atoms with Crippen LogP contribution in [-0.2, 0) is 16.1 Å². The van der Waals surface area contributed by atoms with Crippen LogP contribution in [-0.4, -0.2) is 37.1 Å². The molecule has 1 atom stereocenters. The van der Waals surface area contributed by atoms with Gasteiger partial charge in [-0.2, -0.15) is 0 Å². The lowest BCUT2D eigenvalue weighted by Crippen LogP contribution is -2.42. The minimum atomic E-state index is 0.0246. The fourth-order valence-electron chi connectivity index (χ4n) is 4.21. The number of carbonyl (C=O) groups is 1. The van der Waals surface area contributed by atoms with Crippen molar-refractivity contribution in [2.75, 3.05) is 31.6 Å². The second-order valence-corrected chi connectivity index (χ2v) is 8.16. The van der Waals surface area contributed by atoms with Crippen LogP contribution in [0.5, 0.6) is 0 Å². The fraction of sp³-hybridized carbons (Fsp3) is 0.450. The van der Waals surface area contributed by atoms with E-state index in [2.05, 4.69) is 27.7 Å². The lowest BCUT2D eigenvalue weighted by atomic mass is 9.71. The van der Waals surface area contributed by atoms with E-state index in [1.54, 1.807) is 11.3 Å². The summed E-state index contributed by atoms with van der Waals surface area (Å²) in [5.74, 6) is 0.179. The van der Waals surface area contributed by atoms with E-state index in [1.165, 1.54) is 4.88 Å². The molecule has 4 rings (SSSR count). The van der Waals surface area contributed by atoms with Gasteiger partial charge in [0.25, 0.3) is 0 Å². The van der Waals surface area contributed by atoms with Crippen LogP contribution in [0.25, 0.3) is 0 Å². The maximum Gasteiger partial charge on any atom is 0.229 e. The number of nitrogens with zero attached hydrogens (tertiary/aromatic N) is 1. The molecule has 5 heteroatoms. The highest BCUT2D eigenvalue weighted by Gasteiger charge is 2.50. The van der Waals surface area contributed by atoms with Crippen molar-refractivity contribution in [1.29, 1.82) is 0 Å². The Bertz CT molecular complexity index is 696. The number of benzene rings is 1. The summed E-state index contributed by atoms with van der Waals surface area (Å²) in [5.41, 5.74) is 0.931. The maximum absolute atomic E-state index is 13.1. The Morgan fingerprint density at radius 3 is 2.72 bits per heavy atom. The standard InChI is InChI=1S/C20H24N2O2S/c23-19(21-16-5-2-1-3-6-16)18-14-22(13-17-7-4-12-25-17)15-20(18)8-10-24-11-9-20/h1-7,12,18H,8-11,13-15H2,(H,21,23)/t18-/m0/s1. The van der Waals surface area contributed by atoms with Gasteiger partial charge in [0.1, 0.15) is 0 Å². The van der Waals surface area contributed by atoms with Gasteiger partial charge in [-0.05, 0) is 36.4 Å². The van der Waals surface area contributed by atoms with E-state index in [1.807, 2.05) is 30.3 Å². The molecule has 4 nitrogen and oxygen atoms in total. The number of ether oxygens (including phenoxy) is 1. The first-order valence-corrected chi connectivity index (χ1v) is 9.82. The summed E-state index contributed by atoms with van der Waals surface area (Å²) in [6.07, 6.45) is 1.95. The molecule has 1 aromatic carbocycles. The van der Waals surface area contributed by atoms with Crippen LogP contribution in [0.3, 0.4) is 0 Å². The molecular weight excluding hydrogens is 332 g/mol. The molecule has 2 fully saturated rings. The first-order chi connectivity index (χ1) is 12.3. The van der Waals surface area contributed by atoms with Gasteiger partial charge >= 0.3 is 0 Å². The molecule has 1 amide bonds. The Balaban J connectivity index is 1.51. The largest absolute Gasteiger partial charge is 0.381 e. The average Bonchev–Trinajstić information content (AvgIpc) is 3.25. The number of amides is 1. The molecule has 25 heavy (non-hydrogen) atoms. The smallest absolute Gasteiger partial charge is 0.229 e. The molecule has 2 saturated heterocycles. The van der Waals surface area contributed by atoms with Gasteiger partial charge in [0, 0.05) is 48.8 Å². The molecule has 2 aromatic rings. The van der Waals surface area contributed by atoms with Crippen molar-refractivity contribution in [3.8, 4) is 0 Å². The van der Waals surface area contributed by atoms with Crippen molar-refractivity contribution in [3.05, 3.63) is 52.7 Å². The summed E-state index contributed by atoms with van der Waals surface area (Å²) in [5, 5.41) is 5.25. The molecule has 3 heterocycles. The fourth-order valence-corrected chi connectivity index (χ4v) is 4.96. The third kappa shape index (κ3) is 3.64. The zero-order valence-electron chi connectivity index (χ0n) is 14.3. The van der Waals surface area contributed by atoms with Crippen LogP contribution in [0.4, 0.5) is 5.69 Å². The summed E-state index contributed by atoms with van der Waals surface area (Å²) in [6, 6.07) is 14.1. The van der Waals surface area contributed by atoms with E-state index in [0.717, 1.165) is 51.4 Å². The Kier molecular flexibility index (Phi) is 4.88.